The lowest BCUT2D eigenvalue weighted by molar-refractivity contribution is 0.0826. The van der Waals surface area contributed by atoms with Crippen LogP contribution in [0, 0.1) is 10.8 Å². The molecule has 1 aliphatic carbocycles. The minimum Gasteiger partial charge on any atom is -0.485 e. The first kappa shape index (κ1) is 33.8. The van der Waals surface area contributed by atoms with E-state index in [9.17, 15) is 9.59 Å². The van der Waals surface area contributed by atoms with Crippen molar-refractivity contribution in [3.8, 4) is 11.5 Å². The number of hydrogen-bond donors (Lipinski definition) is 0. The summed E-state index contributed by atoms with van der Waals surface area (Å²) in [4.78, 5) is 28.9. The summed E-state index contributed by atoms with van der Waals surface area (Å²) < 4.78 is 25.8. The van der Waals surface area contributed by atoms with Crippen molar-refractivity contribution in [2.45, 2.75) is 74.2 Å². The van der Waals surface area contributed by atoms with E-state index < -0.39 is 5.78 Å². The van der Waals surface area contributed by atoms with E-state index in [4.69, 9.17) is 18.6 Å². The number of carbonyl (C=O) groups is 2. The molecule has 0 bridgehead atoms. The van der Waals surface area contributed by atoms with Crippen LogP contribution in [0.15, 0.2) is 113 Å². The van der Waals surface area contributed by atoms with Gasteiger partial charge in [-0.05, 0) is 46.4 Å². The lowest BCUT2D eigenvalue weighted by Crippen LogP contribution is -2.25. The van der Waals surface area contributed by atoms with Gasteiger partial charge in [0.2, 0.25) is 0 Å². The summed E-state index contributed by atoms with van der Waals surface area (Å²) in [7, 11) is 0. The molecule has 49 heavy (non-hydrogen) atoms. The van der Waals surface area contributed by atoms with Crippen LogP contribution in [0.2, 0.25) is 0 Å². The van der Waals surface area contributed by atoms with Crippen LogP contribution in [-0.4, -0.2) is 11.6 Å². The van der Waals surface area contributed by atoms with Gasteiger partial charge in [-0.3, -0.25) is 9.59 Å². The lowest BCUT2D eigenvalue weighted by atomic mass is 9.80. The fourth-order valence-electron chi connectivity index (χ4n) is 6.13. The highest BCUT2D eigenvalue weighted by Gasteiger charge is 2.41. The van der Waals surface area contributed by atoms with E-state index in [0.717, 1.165) is 22.3 Å². The zero-order valence-electron chi connectivity index (χ0n) is 29.2. The molecule has 0 saturated carbocycles. The first-order chi connectivity index (χ1) is 23.4. The standard InChI is InChI=1S/C43H44O6/c1-42(2,3)23-32-36(44)35-31-22-34(46-25-28-16-10-7-11-17-28)39(47-26-29-18-12-8-13-19-29)33(24-43(4,5)6)38(31)49-41(35)37(45)40(32)48-27-30-20-14-9-15-21-30/h7-22H,23-27H2,1-6H3. The highest BCUT2D eigenvalue weighted by atomic mass is 16.5. The van der Waals surface area contributed by atoms with Gasteiger partial charge in [0, 0.05) is 16.5 Å². The first-order valence-corrected chi connectivity index (χ1v) is 16.8. The molecule has 6 heteroatoms. The predicted molar refractivity (Wildman–Crippen MR) is 192 cm³/mol. The zero-order chi connectivity index (χ0) is 34.8. The van der Waals surface area contributed by atoms with Crippen LogP contribution < -0.4 is 9.47 Å². The molecule has 0 N–H and O–H groups in total. The largest absolute Gasteiger partial charge is 0.485 e. The predicted octanol–water partition coefficient (Wildman–Crippen LogP) is 10.5. The molecule has 1 aliphatic rings. The second-order valence-corrected chi connectivity index (χ2v) is 15.1. The average Bonchev–Trinajstić information content (AvgIpc) is 3.46. The van der Waals surface area contributed by atoms with E-state index in [1.54, 1.807) is 0 Å². The minimum atomic E-state index is -0.429. The number of allylic oxidation sites excluding steroid dienone is 2. The molecule has 0 unspecified atom stereocenters. The molecule has 0 fully saturated rings. The quantitative estimate of drug-likeness (QED) is 0.141. The highest BCUT2D eigenvalue weighted by molar-refractivity contribution is 6.29. The lowest BCUT2D eigenvalue weighted by Gasteiger charge is -2.24. The second kappa shape index (κ2) is 13.8. The molecule has 0 aliphatic heterocycles. The van der Waals surface area contributed by atoms with Gasteiger partial charge in [0.05, 0.1) is 5.56 Å². The minimum absolute atomic E-state index is 0.00917. The van der Waals surface area contributed by atoms with Gasteiger partial charge in [0.1, 0.15) is 25.4 Å². The van der Waals surface area contributed by atoms with E-state index >= 15 is 0 Å². The molecule has 0 atom stereocenters. The molecule has 6 nitrogen and oxygen atoms in total. The number of Topliss-reactive ketones (excluding diaryl/α,β-unsaturated/α-hetero) is 2. The van der Waals surface area contributed by atoms with Gasteiger partial charge in [-0.1, -0.05) is 133 Å². The Morgan fingerprint density at radius 2 is 1.08 bits per heavy atom. The Labute approximate surface area is 288 Å². The molecule has 4 aromatic carbocycles. The van der Waals surface area contributed by atoms with Crippen LogP contribution in [-0.2, 0) is 31.0 Å². The van der Waals surface area contributed by atoms with Crippen molar-refractivity contribution in [1.82, 2.24) is 0 Å². The van der Waals surface area contributed by atoms with E-state index in [0.29, 0.717) is 54.1 Å². The van der Waals surface area contributed by atoms with Gasteiger partial charge in [-0.25, -0.2) is 0 Å². The molecule has 1 aromatic heterocycles. The Balaban J connectivity index is 1.51. The zero-order valence-corrected chi connectivity index (χ0v) is 29.2. The monoisotopic (exact) mass is 656 g/mol. The van der Waals surface area contributed by atoms with Gasteiger partial charge in [0.25, 0.3) is 5.78 Å². The third-order valence-electron chi connectivity index (χ3n) is 8.28. The Kier molecular flexibility index (Phi) is 9.51. The van der Waals surface area contributed by atoms with Crippen molar-refractivity contribution < 1.29 is 28.2 Å². The van der Waals surface area contributed by atoms with Crippen molar-refractivity contribution in [2.24, 2.45) is 10.8 Å². The van der Waals surface area contributed by atoms with Crippen molar-refractivity contribution >= 4 is 22.5 Å². The van der Waals surface area contributed by atoms with Crippen LogP contribution in [0.5, 0.6) is 11.5 Å². The van der Waals surface area contributed by atoms with Gasteiger partial charge < -0.3 is 18.6 Å². The molecule has 0 amide bonds. The molecule has 252 valence electrons. The van der Waals surface area contributed by atoms with Crippen molar-refractivity contribution in [3.05, 3.63) is 142 Å². The molecular weight excluding hydrogens is 612 g/mol. The van der Waals surface area contributed by atoms with Gasteiger partial charge in [-0.2, -0.15) is 0 Å². The van der Waals surface area contributed by atoms with E-state index in [2.05, 4.69) is 20.8 Å². The average molecular weight is 657 g/mol. The SMILES string of the molecule is CC(C)(C)CC1=C(OCc2ccccc2)C(=O)c2oc3c(CC(C)(C)C)c(OCc4ccccc4)c(OCc4ccccc4)cc3c2C1=O. The van der Waals surface area contributed by atoms with Crippen LogP contribution in [0.3, 0.4) is 0 Å². The number of rotatable bonds is 11. The number of ketones is 2. The van der Waals surface area contributed by atoms with Crippen LogP contribution in [0.4, 0.5) is 0 Å². The number of fused-ring (bicyclic) bond motifs is 3. The Hall–Kier alpha value is -5.10. The molecular formula is C43H44O6. The summed E-state index contributed by atoms with van der Waals surface area (Å²) in [6.45, 7) is 13.3. The van der Waals surface area contributed by atoms with E-state index in [1.165, 1.54) is 0 Å². The maximum atomic E-state index is 14.6. The maximum Gasteiger partial charge on any atom is 0.263 e. The summed E-state index contributed by atoms with van der Waals surface area (Å²) >= 11 is 0. The summed E-state index contributed by atoms with van der Waals surface area (Å²) in [5.41, 5.74) is 4.22. The fraction of sp³-hybridized carbons (Fsp3) is 0.302. The molecule has 6 rings (SSSR count). The molecule has 0 saturated heterocycles. The van der Waals surface area contributed by atoms with E-state index in [-0.39, 0.29) is 40.3 Å². The van der Waals surface area contributed by atoms with Crippen molar-refractivity contribution in [1.29, 1.82) is 0 Å². The third kappa shape index (κ3) is 7.80. The van der Waals surface area contributed by atoms with Crippen LogP contribution >= 0.6 is 0 Å². The molecule has 1 heterocycles. The van der Waals surface area contributed by atoms with Gasteiger partial charge >= 0.3 is 0 Å². The summed E-state index contributed by atoms with van der Waals surface area (Å²) in [5, 5.41) is 0.538. The third-order valence-corrected chi connectivity index (χ3v) is 8.28. The normalized spacial score (nSPS) is 13.5. The van der Waals surface area contributed by atoms with Gasteiger partial charge in [-0.15, -0.1) is 0 Å². The first-order valence-electron chi connectivity index (χ1n) is 16.8. The number of hydrogen-bond acceptors (Lipinski definition) is 6. The molecule has 0 radical (unpaired) electrons. The second-order valence-electron chi connectivity index (χ2n) is 15.1. The van der Waals surface area contributed by atoms with Crippen molar-refractivity contribution in [3.63, 3.8) is 0 Å². The Morgan fingerprint density at radius 1 is 0.592 bits per heavy atom. The fourth-order valence-corrected chi connectivity index (χ4v) is 6.13. The Morgan fingerprint density at radius 3 is 1.59 bits per heavy atom. The van der Waals surface area contributed by atoms with Gasteiger partial charge in [0.15, 0.2) is 28.8 Å². The molecule has 5 aromatic rings. The topological polar surface area (TPSA) is 75.0 Å². The summed E-state index contributed by atoms with van der Waals surface area (Å²) in [5.74, 6) is 0.375. The highest BCUT2D eigenvalue weighted by Crippen LogP contribution is 2.47. The summed E-state index contributed by atoms with van der Waals surface area (Å²) in [6, 6.07) is 31.3. The Bertz CT molecular complexity index is 1990. The van der Waals surface area contributed by atoms with Crippen molar-refractivity contribution in [2.75, 3.05) is 0 Å². The number of ether oxygens (including phenoxy) is 3. The van der Waals surface area contributed by atoms with E-state index in [1.807, 2.05) is 118 Å². The van der Waals surface area contributed by atoms with Crippen LogP contribution in [0.1, 0.15) is 91.1 Å². The number of carbonyl (C=O) groups excluding carboxylic acids is 2. The summed E-state index contributed by atoms with van der Waals surface area (Å²) in [6.07, 6.45) is 0.906. The smallest absolute Gasteiger partial charge is 0.263 e. The van der Waals surface area contributed by atoms with Crippen LogP contribution in [0.25, 0.3) is 11.0 Å². The number of benzene rings is 4. The maximum absolute atomic E-state index is 14.6. The number of furan rings is 1. The molecule has 0 spiro atoms.